The summed E-state index contributed by atoms with van der Waals surface area (Å²) < 4.78 is 5.63. The van der Waals surface area contributed by atoms with Crippen molar-refractivity contribution in [3.8, 4) is 5.75 Å². The monoisotopic (exact) mass is 553 g/mol. The smallest absolute Gasteiger partial charge is 0.290 e. The number of anilines is 1. The van der Waals surface area contributed by atoms with Crippen molar-refractivity contribution >= 4 is 86.2 Å². The number of benzene rings is 2. The third-order valence-electron chi connectivity index (χ3n) is 4.42. The molecule has 4 rings (SSSR count). The average Bonchev–Trinajstić information content (AvgIpc) is 3.35. The molecule has 2 heterocycles. The van der Waals surface area contributed by atoms with Gasteiger partial charge in [-0.1, -0.05) is 40.9 Å². The Morgan fingerprint density at radius 2 is 1.94 bits per heavy atom. The zero-order valence-corrected chi connectivity index (χ0v) is 21.0. The number of aromatic nitrogens is 1. The number of nitrogens with one attached hydrogen (secondary N) is 2. The molecule has 174 valence electrons. The Morgan fingerprint density at radius 1 is 1.12 bits per heavy atom. The third-order valence-corrected chi connectivity index (χ3v) is 7.12. The lowest BCUT2D eigenvalue weighted by Crippen LogP contribution is -2.20. The molecular formula is C22H14Cl3N3O4S2. The fourth-order valence-electron chi connectivity index (χ4n) is 2.92. The van der Waals surface area contributed by atoms with Gasteiger partial charge in [0.1, 0.15) is 5.75 Å². The van der Waals surface area contributed by atoms with Gasteiger partial charge in [0.15, 0.2) is 11.7 Å². The molecule has 0 unspecified atom stereocenters. The van der Waals surface area contributed by atoms with Gasteiger partial charge in [0.2, 0.25) is 0 Å². The highest BCUT2D eigenvalue weighted by molar-refractivity contribution is 8.18. The van der Waals surface area contributed by atoms with Gasteiger partial charge in [-0.25, -0.2) is 4.98 Å². The zero-order valence-electron chi connectivity index (χ0n) is 17.1. The maximum Gasteiger partial charge on any atom is 0.290 e. The minimum Gasteiger partial charge on any atom is -0.483 e. The fourth-order valence-corrected chi connectivity index (χ4v) is 4.96. The van der Waals surface area contributed by atoms with E-state index in [1.54, 1.807) is 36.5 Å². The lowest BCUT2D eigenvalue weighted by molar-refractivity contribution is -0.118. The van der Waals surface area contributed by atoms with Gasteiger partial charge >= 0.3 is 0 Å². The molecule has 0 spiro atoms. The van der Waals surface area contributed by atoms with Crippen LogP contribution in [0, 0.1) is 0 Å². The van der Waals surface area contributed by atoms with Gasteiger partial charge in [0, 0.05) is 28.1 Å². The van der Waals surface area contributed by atoms with Crippen LogP contribution >= 0.6 is 57.9 Å². The molecule has 0 atom stereocenters. The summed E-state index contributed by atoms with van der Waals surface area (Å²) in [6, 6.07) is 10.2. The quantitative estimate of drug-likeness (QED) is 0.346. The second-order valence-corrected chi connectivity index (χ2v) is 10.3. The SMILES string of the molecule is O=C(COc1ccc(Cl)cc1/C=C1\SC(=O)NC1=O)Nc1ncc(Cc2ccc(Cl)c(Cl)c2)s1. The average molecular weight is 555 g/mol. The molecule has 1 aliphatic heterocycles. The molecule has 12 heteroatoms. The van der Waals surface area contributed by atoms with E-state index in [9.17, 15) is 14.4 Å². The second-order valence-electron chi connectivity index (χ2n) is 6.93. The number of thioether (sulfide) groups is 1. The van der Waals surface area contributed by atoms with Crippen LogP contribution in [0.15, 0.2) is 47.5 Å². The van der Waals surface area contributed by atoms with Crippen LogP contribution in [0.5, 0.6) is 5.75 Å². The molecule has 1 aromatic heterocycles. The predicted molar refractivity (Wildman–Crippen MR) is 136 cm³/mol. The Balaban J connectivity index is 1.37. The summed E-state index contributed by atoms with van der Waals surface area (Å²) in [5.41, 5.74) is 1.44. The second kappa shape index (κ2) is 10.8. The van der Waals surface area contributed by atoms with Crippen LogP contribution in [-0.2, 0) is 16.0 Å². The Morgan fingerprint density at radius 3 is 2.68 bits per heavy atom. The first-order chi connectivity index (χ1) is 16.3. The van der Waals surface area contributed by atoms with Gasteiger partial charge in [0.05, 0.1) is 15.0 Å². The van der Waals surface area contributed by atoms with E-state index in [1.165, 1.54) is 17.4 Å². The van der Waals surface area contributed by atoms with Crippen molar-refractivity contribution in [2.24, 2.45) is 0 Å². The van der Waals surface area contributed by atoms with Crippen molar-refractivity contribution < 1.29 is 19.1 Å². The summed E-state index contributed by atoms with van der Waals surface area (Å²) in [6.45, 7) is -0.294. The van der Waals surface area contributed by atoms with Crippen LogP contribution in [0.2, 0.25) is 15.1 Å². The van der Waals surface area contributed by atoms with Crippen LogP contribution < -0.4 is 15.4 Å². The molecule has 7 nitrogen and oxygen atoms in total. The Hall–Kier alpha value is -2.56. The molecule has 1 saturated heterocycles. The van der Waals surface area contributed by atoms with E-state index >= 15 is 0 Å². The molecule has 1 aliphatic rings. The standard InChI is InChI=1S/C22H14Cl3N3O4S2/c23-13-2-4-17(12(7-13)8-18-20(30)28-22(31)34-18)32-10-19(29)27-21-26-9-14(33-21)5-11-1-3-15(24)16(25)6-11/h1-4,6-9H,5,10H2,(H,26,27,29)(H,28,30,31)/b18-8-. The molecule has 3 amide bonds. The fraction of sp³-hybridized carbons (Fsp3) is 0.0909. The van der Waals surface area contributed by atoms with E-state index in [0.717, 1.165) is 22.2 Å². The van der Waals surface area contributed by atoms with Gasteiger partial charge in [-0.3, -0.25) is 25.0 Å². The number of imide groups is 1. The van der Waals surface area contributed by atoms with E-state index in [4.69, 9.17) is 39.5 Å². The van der Waals surface area contributed by atoms with Gasteiger partial charge < -0.3 is 4.74 Å². The summed E-state index contributed by atoms with van der Waals surface area (Å²) in [5.74, 6) is -0.578. The first kappa shape index (κ1) is 24.6. The lowest BCUT2D eigenvalue weighted by atomic mass is 10.1. The van der Waals surface area contributed by atoms with E-state index < -0.39 is 17.1 Å². The van der Waals surface area contributed by atoms with Crippen LogP contribution in [0.3, 0.4) is 0 Å². The normalized spacial score (nSPS) is 14.4. The number of amides is 3. The van der Waals surface area contributed by atoms with Crippen molar-refractivity contribution in [2.75, 3.05) is 11.9 Å². The number of rotatable bonds is 7. The predicted octanol–water partition coefficient (Wildman–Crippen LogP) is 6.04. The number of carbonyl (C=O) groups excluding carboxylic acids is 3. The van der Waals surface area contributed by atoms with Crippen LogP contribution in [0.1, 0.15) is 16.0 Å². The Kier molecular flexibility index (Phi) is 7.80. The molecular weight excluding hydrogens is 541 g/mol. The number of carbonyl (C=O) groups is 3. The first-order valence-corrected chi connectivity index (χ1v) is 12.4. The topological polar surface area (TPSA) is 97.4 Å². The number of hydrogen-bond donors (Lipinski definition) is 2. The third kappa shape index (κ3) is 6.31. The van der Waals surface area contributed by atoms with E-state index in [0.29, 0.717) is 37.9 Å². The lowest BCUT2D eigenvalue weighted by Gasteiger charge is -2.09. The number of nitrogens with zero attached hydrogens (tertiary/aromatic N) is 1. The first-order valence-electron chi connectivity index (χ1n) is 9.62. The number of ether oxygens (including phenoxy) is 1. The number of thiazole rings is 1. The summed E-state index contributed by atoms with van der Waals surface area (Å²) in [4.78, 5) is 41.0. The Labute approximate surface area is 217 Å². The molecule has 3 aromatic rings. The molecule has 0 radical (unpaired) electrons. The maximum absolute atomic E-state index is 12.4. The van der Waals surface area contributed by atoms with Gasteiger partial charge in [-0.05, 0) is 53.7 Å². The molecule has 0 aliphatic carbocycles. The summed E-state index contributed by atoms with van der Waals surface area (Å²) in [7, 11) is 0. The largest absolute Gasteiger partial charge is 0.483 e. The van der Waals surface area contributed by atoms with Crippen molar-refractivity contribution in [3.05, 3.63) is 78.6 Å². The van der Waals surface area contributed by atoms with E-state index in [-0.39, 0.29) is 11.5 Å². The van der Waals surface area contributed by atoms with Crippen LogP contribution in [-0.4, -0.2) is 28.6 Å². The molecule has 1 fully saturated rings. The molecule has 2 aromatic carbocycles. The number of halogens is 3. The summed E-state index contributed by atoms with van der Waals surface area (Å²) in [5, 5.41) is 6.23. The molecule has 0 bridgehead atoms. The Bertz CT molecular complexity index is 1330. The van der Waals surface area contributed by atoms with Gasteiger partial charge in [-0.2, -0.15) is 0 Å². The number of hydrogen-bond acceptors (Lipinski definition) is 7. The van der Waals surface area contributed by atoms with Gasteiger partial charge in [-0.15, -0.1) is 11.3 Å². The highest BCUT2D eigenvalue weighted by atomic mass is 35.5. The minimum absolute atomic E-state index is 0.207. The highest BCUT2D eigenvalue weighted by Crippen LogP contribution is 2.31. The van der Waals surface area contributed by atoms with E-state index in [1.807, 2.05) is 6.07 Å². The highest BCUT2D eigenvalue weighted by Gasteiger charge is 2.25. The molecule has 2 N–H and O–H groups in total. The summed E-state index contributed by atoms with van der Waals surface area (Å²) in [6.07, 6.45) is 3.76. The van der Waals surface area contributed by atoms with Crippen molar-refractivity contribution in [1.29, 1.82) is 0 Å². The maximum atomic E-state index is 12.4. The van der Waals surface area contributed by atoms with E-state index in [2.05, 4.69) is 15.6 Å². The minimum atomic E-state index is -0.501. The van der Waals surface area contributed by atoms with Crippen LogP contribution in [0.4, 0.5) is 9.93 Å². The zero-order chi connectivity index (χ0) is 24.2. The van der Waals surface area contributed by atoms with Crippen molar-refractivity contribution in [3.63, 3.8) is 0 Å². The van der Waals surface area contributed by atoms with Gasteiger partial charge in [0.25, 0.3) is 17.1 Å². The van der Waals surface area contributed by atoms with Crippen LogP contribution in [0.25, 0.3) is 6.08 Å². The summed E-state index contributed by atoms with van der Waals surface area (Å²) >= 11 is 20.2. The molecule has 34 heavy (non-hydrogen) atoms. The molecule has 0 saturated carbocycles. The van der Waals surface area contributed by atoms with Crippen molar-refractivity contribution in [1.82, 2.24) is 10.3 Å². The van der Waals surface area contributed by atoms with Crippen molar-refractivity contribution in [2.45, 2.75) is 6.42 Å².